The minimum atomic E-state index is 0.540. The van der Waals surface area contributed by atoms with Gasteiger partial charge in [0.05, 0.1) is 14.2 Å². The summed E-state index contributed by atoms with van der Waals surface area (Å²) in [6, 6.07) is 6.53. The van der Waals surface area contributed by atoms with Crippen LogP contribution in [0.1, 0.15) is 57.9 Å². The molecule has 1 atom stereocenters. The zero-order valence-electron chi connectivity index (χ0n) is 14.1. The Balaban J connectivity index is 2.33. The zero-order valence-corrected chi connectivity index (χ0v) is 14.1. The van der Waals surface area contributed by atoms with E-state index >= 15 is 0 Å². The summed E-state index contributed by atoms with van der Waals surface area (Å²) in [6.07, 6.45) is 7.95. The van der Waals surface area contributed by atoms with E-state index in [2.05, 4.69) is 25.2 Å². The Morgan fingerprint density at radius 3 is 2.48 bits per heavy atom. The van der Waals surface area contributed by atoms with Crippen LogP contribution < -0.4 is 14.8 Å². The van der Waals surface area contributed by atoms with Crippen molar-refractivity contribution in [3.63, 3.8) is 0 Å². The van der Waals surface area contributed by atoms with Crippen LogP contribution >= 0.6 is 0 Å². The predicted molar refractivity (Wildman–Crippen MR) is 89.2 cm³/mol. The monoisotopic (exact) mass is 293 g/mol. The van der Waals surface area contributed by atoms with Crippen molar-refractivity contribution in [2.75, 3.05) is 14.2 Å². The molecule has 3 heteroatoms. The van der Waals surface area contributed by atoms with Crippen molar-refractivity contribution >= 4 is 0 Å². The molecule has 0 heterocycles. The van der Waals surface area contributed by atoms with Crippen molar-refractivity contribution in [1.82, 2.24) is 5.32 Å². The van der Waals surface area contributed by atoms with Crippen LogP contribution in [0.3, 0.4) is 0 Å². The SMILES string of the molecule is CCCCCCCC(C)NCc1ccc(OC)cc1OC. The number of benzene rings is 1. The number of unbranched alkanes of at least 4 members (excludes halogenated alkanes) is 4. The Kier molecular flexibility index (Phi) is 8.91. The van der Waals surface area contributed by atoms with Crippen LogP contribution in [0.15, 0.2) is 18.2 Å². The van der Waals surface area contributed by atoms with E-state index in [0.29, 0.717) is 6.04 Å². The minimum absolute atomic E-state index is 0.540. The second kappa shape index (κ2) is 10.5. The second-order valence-corrected chi connectivity index (χ2v) is 5.66. The van der Waals surface area contributed by atoms with Gasteiger partial charge in [-0.15, -0.1) is 0 Å². The number of rotatable bonds is 11. The van der Waals surface area contributed by atoms with Gasteiger partial charge in [0.1, 0.15) is 11.5 Å². The maximum atomic E-state index is 5.43. The standard InChI is InChI=1S/C18H31NO2/c1-5-6-7-8-9-10-15(2)19-14-16-11-12-17(20-3)13-18(16)21-4/h11-13,15,19H,5-10,14H2,1-4H3. The van der Waals surface area contributed by atoms with Crippen LogP contribution in [0.25, 0.3) is 0 Å². The molecule has 0 radical (unpaired) electrons. The average molecular weight is 293 g/mol. The van der Waals surface area contributed by atoms with E-state index in [1.54, 1.807) is 14.2 Å². The highest BCUT2D eigenvalue weighted by atomic mass is 16.5. The van der Waals surface area contributed by atoms with Gasteiger partial charge in [-0.05, 0) is 19.4 Å². The molecule has 0 saturated carbocycles. The van der Waals surface area contributed by atoms with E-state index in [1.807, 2.05) is 12.1 Å². The molecule has 0 aliphatic carbocycles. The topological polar surface area (TPSA) is 30.5 Å². The number of hydrogen-bond acceptors (Lipinski definition) is 3. The highest BCUT2D eigenvalue weighted by Crippen LogP contribution is 2.24. The Labute approximate surface area is 130 Å². The summed E-state index contributed by atoms with van der Waals surface area (Å²) in [5.74, 6) is 1.72. The van der Waals surface area contributed by atoms with Crippen LogP contribution in [0, 0.1) is 0 Å². The van der Waals surface area contributed by atoms with Gasteiger partial charge in [-0.3, -0.25) is 0 Å². The highest BCUT2D eigenvalue weighted by molar-refractivity contribution is 5.40. The first-order valence-corrected chi connectivity index (χ1v) is 8.15. The summed E-state index contributed by atoms with van der Waals surface area (Å²) in [5.41, 5.74) is 1.18. The minimum Gasteiger partial charge on any atom is -0.497 e. The number of nitrogens with one attached hydrogen (secondary N) is 1. The molecular weight excluding hydrogens is 262 g/mol. The van der Waals surface area contributed by atoms with Crippen LogP contribution in [0.2, 0.25) is 0 Å². The first kappa shape index (κ1) is 17.8. The number of methoxy groups -OCH3 is 2. The van der Waals surface area contributed by atoms with Crippen molar-refractivity contribution in [2.45, 2.75) is 65.0 Å². The summed E-state index contributed by atoms with van der Waals surface area (Å²) in [5, 5.41) is 3.58. The molecule has 0 spiro atoms. The third-order valence-electron chi connectivity index (χ3n) is 3.88. The van der Waals surface area contributed by atoms with Gasteiger partial charge >= 0.3 is 0 Å². The Morgan fingerprint density at radius 2 is 1.81 bits per heavy atom. The average Bonchev–Trinajstić information content (AvgIpc) is 2.52. The summed E-state index contributed by atoms with van der Waals surface area (Å²) < 4.78 is 10.6. The lowest BCUT2D eigenvalue weighted by molar-refractivity contribution is 0.387. The lowest BCUT2D eigenvalue weighted by Gasteiger charge is -2.16. The molecule has 0 aliphatic heterocycles. The van der Waals surface area contributed by atoms with E-state index in [9.17, 15) is 0 Å². The van der Waals surface area contributed by atoms with Gasteiger partial charge in [0, 0.05) is 24.2 Å². The maximum Gasteiger partial charge on any atom is 0.127 e. The first-order valence-electron chi connectivity index (χ1n) is 8.15. The maximum absolute atomic E-state index is 5.43. The number of ether oxygens (including phenoxy) is 2. The van der Waals surface area contributed by atoms with Crippen molar-refractivity contribution in [3.8, 4) is 11.5 Å². The molecule has 0 aliphatic rings. The Hall–Kier alpha value is -1.22. The molecule has 0 bridgehead atoms. The third-order valence-corrected chi connectivity index (χ3v) is 3.88. The molecule has 0 fully saturated rings. The van der Waals surface area contributed by atoms with Gasteiger partial charge in [0.25, 0.3) is 0 Å². The van der Waals surface area contributed by atoms with Crippen LogP contribution in [0.4, 0.5) is 0 Å². The van der Waals surface area contributed by atoms with Gasteiger partial charge < -0.3 is 14.8 Å². The molecule has 1 aromatic carbocycles. The lowest BCUT2D eigenvalue weighted by Crippen LogP contribution is -2.25. The van der Waals surface area contributed by atoms with E-state index in [1.165, 1.54) is 44.1 Å². The van der Waals surface area contributed by atoms with E-state index in [0.717, 1.165) is 18.0 Å². The molecule has 0 aromatic heterocycles. The molecular formula is C18H31NO2. The third kappa shape index (κ3) is 6.85. The molecule has 1 unspecified atom stereocenters. The van der Waals surface area contributed by atoms with Crippen molar-refractivity contribution in [2.24, 2.45) is 0 Å². The molecule has 0 amide bonds. The zero-order chi connectivity index (χ0) is 15.5. The van der Waals surface area contributed by atoms with Gasteiger partial charge in [-0.2, -0.15) is 0 Å². The van der Waals surface area contributed by atoms with Crippen molar-refractivity contribution in [3.05, 3.63) is 23.8 Å². The Morgan fingerprint density at radius 1 is 1.05 bits per heavy atom. The van der Waals surface area contributed by atoms with Gasteiger partial charge in [0.2, 0.25) is 0 Å². The van der Waals surface area contributed by atoms with E-state index in [-0.39, 0.29) is 0 Å². The molecule has 1 aromatic rings. The fourth-order valence-electron chi connectivity index (χ4n) is 2.44. The quantitative estimate of drug-likeness (QED) is 0.607. The highest BCUT2D eigenvalue weighted by Gasteiger charge is 2.07. The molecule has 3 nitrogen and oxygen atoms in total. The molecule has 21 heavy (non-hydrogen) atoms. The van der Waals surface area contributed by atoms with Crippen molar-refractivity contribution in [1.29, 1.82) is 0 Å². The van der Waals surface area contributed by atoms with Crippen LogP contribution in [-0.4, -0.2) is 20.3 Å². The van der Waals surface area contributed by atoms with Crippen LogP contribution in [0.5, 0.6) is 11.5 Å². The Bertz CT molecular complexity index is 393. The lowest BCUT2D eigenvalue weighted by atomic mass is 10.1. The predicted octanol–water partition coefficient (Wildman–Crippen LogP) is 4.54. The fraction of sp³-hybridized carbons (Fsp3) is 0.667. The molecule has 1 rings (SSSR count). The van der Waals surface area contributed by atoms with Gasteiger partial charge in [-0.25, -0.2) is 0 Å². The van der Waals surface area contributed by atoms with Crippen molar-refractivity contribution < 1.29 is 9.47 Å². The number of hydrogen-bond donors (Lipinski definition) is 1. The largest absolute Gasteiger partial charge is 0.497 e. The van der Waals surface area contributed by atoms with Gasteiger partial charge in [-0.1, -0.05) is 45.1 Å². The molecule has 0 saturated heterocycles. The van der Waals surface area contributed by atoms with E-state index < -0.39 is 0 Å². The van der Waals surface area contributed by atoms with Crippen LogP contribution in [-0.2, 0) is 6.54 Å². The molecule has 120 valence electrons. The summed E-state index contributed by atoms with van der Waals surface area (Å²) in [4.78, 5) is 0. The summed E-state index contributed by atoms with van der Waals surface area (Å²) in [7, 11) is 3.38. The summed E-state index contributed by atoms with van der Waals surface area (Å²) in [6.45, 7) is 5.35. The second-order valence-electron chi connectivity index (χ2n) is 5.66. The molecule has 1 N–H and O–H groups in total. The first-order chi connectivity index (χ1) is 10.2. The smallest absolute Gasteiger partial charge is 0.127 e. The van der Waals surface area contributed by atoms with E-state index in [4.69, 9.17) is 9.47 Å². The summed E-state index contributed by atoms with van der Waals surface area (Å²) >= 11 is 0. The normalized spacial score (nSPS) is 12.2. The fourth-order valence-corrected chi connectivity index (χ4v) is 2.44. The van der Waals surface area contributed by atoms with Gasteiger partial charge in [0.15, 0.2) is 0 Å².